The lowest BCUT2D eigenvalue weighted by atomic mass is 9.95. The average molecular weight is 185 g/mol. The molecule has 0 heterocycles. The van der Waals surface area contributed by atoms with Gasteiger partial charge >= 0.3 is 5.97 Å². The second kappa shape index (κ2) is 6.63. The van der Waals surface area contributed by atoms with Gasteiger partial charge < -0.3 is 9.73 Å². The van der Waals surface area contributed by atoms with Crippen molar-refractivity contribution >= 4 is 12.2 Å². The van der Waals surface area contributed by atoms with E-state index in [1.54, 1.807) is 7.05 Å². The molecular weight excluding hydrogens is 166 g/mol. The van der Waals surface area contributed by atoms with Crippen molar-refractivity contribution in [1.29, 1.82) is 0 Å². The summed E-state index contributed by atoms with van der Waals surface area (Å²) in [6, 6.07) is 0. The van der Waals surface area contributed by atoms with E-state index in [0.29, 0.717) is 12.3 Å². The van der Waals surface area contributed by atoms with E-state index in [1.807, 2.05) is 6.21 Å². The SMILES string of the molecule is CN=CC(CC(=O)OC)CC(C)C. The van der Waals surface area contributed by atoms with E-state index in [9.17, 15) is 4.79 Å². The Labute approximate surface area is 80.2 Å². The molecular formula is C10H19NO2. The van der Waals surface area contributed by atoms with Gasteiger partial charge in [-0.3, -0.25) is 4.79 Å². The Bertz CT molecular complexity index is 176. The summed E-state index contributed by atoms with van der Waals surface area (Å²) in [7, 11) is 3.14. The molecule has 3 nitrogen and oxygen atoms in total. The van der Waals surface area contributed by atoms with Crippen LogP contribution >= 0.6 is 0 Å². The zero-order chi connectivity index (χ0) is 10.3. The van der Waals surface area contributed by atoms with Gasteiger partial charge in [0.15, 0.2) is 0 Å². The van der Waals surface area contributed by atoms with Crippen LogP contribution in [0.2, 0.25) is 0 Å². The van der Waals surface area contributed by atoms with Gasteiger partial charge in [0.2, 0.25) is 0 Å². The highest BCUT2D eigenvalue weighted by molar-refractivity contribution is 5.74. The van der Waals surface area contributed by atoms with Crippen molar-refractivity contribution in [2.75, 3.05) is 14.2 Å². The molecule has 1 unspecified atom stereocenters. The van der Waals surface area contributed by atoms with Crippen LogP contribution in [0.15, 0.2) is 4.99 Å². The molecule has 1 atom stereocenters. The van der Waals surface area contributed by atoms with Crippen LogP contribution in [0.1, 0.15) is 26.7 Å². The lowest BCUT2D eigenvalue weighted by Gasteiger charge is -2.12. The minimum absolute atomic E-state index is 0.162. The molecule has 0 aliphatic carbocycles. The van der Waals surface area contributed by atoms with Crippen molar-refractivity contribution < 1.29 is 9.53 Å². The van der Waals surface area contributed by atoms with Crippen LogP contribution in [-0.4, -0.2) is 26.3 Å². The summed E-state index contributed by atoms with van der Waals surface area (Å²) in [5.41, 5.74) is 0. The van der Waals surface area contributed by atoms with Gasteiger partial charge in [0.05, 0.1) is 13.5 Å². The Balaban J connectivity index is 4.01. The van der Waals surface area contributed by atoms with Crippen molar-refractivity contribution in [2.24, 2.45) is 16.8 Å². The van der Waals surface area contributed by atoms with Crippen LogP contribution in [0, 0.1) is 11.8 Å². The maximum atomic E-state index is 11.0. The second-order valence-corrected chi connectivity index (χ2v) is 3.58. The summed E-state index contributed by atoms with van der Waals surface area (Å²) >= 11 is 0. The minimum atomic E-state index is -0.162. The first-order valence-corrected chi connectivity index (χ1v) is 4.59. The van der Waals surface area contributed by atoms with E-state index in [-0.39, 0.29) is 11.9 Å². The highest BCUT2D eigenvalue weighted by Gasteiger charge is 2.13. The van der Waals surface area contributed by atoms with Crippen molar-refractivity contribution in [3.63, 3.8) is 0 Å². The number of hydrogen-bond acceptors (Lipinski definition) is 3. The number of rotatable bonds is 5. The molecule has 0 fully saturated rings. The molecule has 0 aromatic carbocycles. The maximum absolute atomic E-state index is 11.0. The number of carbonyl (C=O) groups is 1. The molecule has 0 saturated carbocycles. The minimum Gasteiger partial charge on any atom is -0.469 e. The number of aliphatic imine (C=N–C) groups is 1. The first-order chi connectivity index (χ1) is 6.10. The van der Waals surface area contributed by atoms with Crippen molar-refractivity contribution in [3.8, 4) is 0 Å². The fourth-order valence-corrected chi connectivity index (χ4v) is 1.31. The quantitative estimate of drug-likeness (QED) is 0.485. The zero-order valence-corrected chi connectivity index (χ0v) is 8.91. The molecule has 3 heteroatoms. The standard InChI is InChI=1S/C10H19NO2/c1-8(2)5-9(7-11-3)6-10(12)13-4/h7-9H,5-6H2,1-4H3. The van der Waals surface area contributed by atoms with Crippen LogP contribution in [0.4, 0.5) is 0 Å². The fourth-order valence-electron chi connectivity index (χ4n) is 1.31. The molecule has 0 bridgehead atoms. The average Bonchev–Trinajstić information content (AvgIpc) is 2.03. The second-order valence-electron chi connectivity index (χ2n) is 3.58. The summed E-state index contributed by atoms with van der Waals surface area (Å²) in [5.74, 6) is 0.635. The van der Waals surface area contributed by atoms with E-state index >= 15 is 0 Å². The summed E-state index contributed by atoms with van der Waals surface area (Å²) in [6.07, 6.45) is 3.25. The Kier molecular flexibility index (Phi) is 6.20. The maximum Gasteiger partial charge on any atom is 0.306 e. The Morgan fingerprint density at radius 2 is 2.15 bits per heavy atom. The Morgan fingerprint density at radius 1 is 1.54 bits per heavy atom. The van der Waals surface area contributed by atoms with Gasteiger partial charge in [-0.2, -0.15) is 0 Å². The van der Waals surface area contributed by atoms with Gasteiger partial charge in [-0.25, -0.2) is 0 Å². The highest BCUT2D eigenvalue weighted by atomic mass is 16.5. The number of ether oxygens (including phenoxy) is 1. The number of hydrogen-bond donors (Lipinski definition) is 0. The van der Waals surface area contributed by atoms with Crippen LogP contribution in [0.25, 0.3) is 0 Å². The third-order valence-corrected chi connectivity index (χ3v) is 1.79. The van der Waals surface area contributed by atoms with E-state index in [1.165, 1.54) is 7.11 Å². The van der Waals surface area contributed by atoms with E-state index < -0.39 is 0 Å². The zero-order valence-electron chi connectivity index (χ0n) is 8.91. The van der Waals surface area contributed by atoms with E-state index in [4.69, 9.17) is 0 Å². The molecule has 0 spiro atoms. The molecule has 76 valence electrons. The van der Waals surface area contributed by atoms with E-state index in [2.05, 4.69) is 23.6 Å². The van der Waals surface area contributed by atoms with Crippen molar-refractivity contribution in [3.05, 3.63) is 0 Å². The van der Waals surface area contributed by atoms with Gasteiger partial charge in [0.25, 0.3) is 0 Å². The number of carbonyl (C=O) groups excluding carboxylic acids is 1. The summed E-state index contributed by atoms with van der Waals surface area (Å²) in [6.45, 7) is 4.27. The lowest BCUT2D eigenvalue weighted by molar-refractivity contribution is -0.141. The summed E-state index contributed by atoms with van der Waals surface area (Å²) in [5, 5.41) is 0. The van der Waals surface area contributed by atoms with Crippen LogP contribution in [0.3, 0.4) is 0 Å². The normalized spacial score (nSPS) is 13.6. The van der Waals surface area contributed by atoms with Crippen LogP contribution in [-0.2, 0) is 9.53 Å². The summed E-state index contributed by atoms with van der Waals surface area (Å²) in [4.78, 5) is 14.9. The largest absolute Gasteiger partial charge is 0.469 e. The molecule has 13 heavy (non-hydrogen) atoms. The number of nitrogens with zero attached hydrogens (tertiary/aromatic N) is 1. The molecule has 0 aliphatic rings. The Hall–Kier alpha value is -0.860. The Morgan fingerprint density at radius 3 is 2.54 bits per heavy atom. The first kappa shape index (κ1) is 12.1. The molecule has 0 aromatic heterocycles. The third kappa shape index (κ3) is 6.31. The molecule has 0 radical (unpaired) electrons. The smallest absolute Gasteiger partial charge is 0.306 e. The van der Waals surface area contributed by atoms with Crippen molar-refractivity contribution in [2.45, 2.75) is 26.7 Å². The van der Waals surface area contributed by atoms with Crippen molar-refractivity contribution in [1.82, 2.24) is 0 Å². The van der Waals surface area contributed by atoms with Gasteiger partial charge in [-0.05, 0) is 12.3 Å². The molecule has 0 rings (SSSR count). The van der Waals surface area contributed by atoms with Gasteiger partial charge in [0, 0.05) is 19.2 Å². The van der Waals surface area contributed by atoms with Gasteiger partial charge in [-0.15, -0.1) is 0 Å². The third-order valence-electron chi connectivity index (χ3n) is 1.79. The predicted octanol–water partition coefficient (Wildman–Crippen LogP) is 1.91. The lowest BCUT2D eigenvalue weighted by Crippen LogP contribution is -2.13. The molecule has 0 aromatic rings. The predicted molar refractivity (Wildman–Crippen MR) is 54.0 cm³/mol. The fraction of sp³-hybridized carbons (Fsp3) is 0.800. The van der Waals surface area contributed by atoms with E-state index in [0.717, 1.165) is 6.42 Å². The highest BCUT2D eigenvalue weighted by Crippen LogP contribution is 2.13. The number of esters is 1. The number of methoxy groups -OCH3 is 1. The van der Waals surface area contributed by atoms with Crippen LogP contribution in [0.5, 0.6) is 0 Å². The topological polar surface area (TPSA) is 38.7 Å². The van der Waals surface area contributed by atoms with Crippen LogP contribution < -0.4 is 0 Å². The monoisotopic (exact) mass is 185 g/mol. The molecule has 0 amide bonds. The summed E-state index contributed by atoms with van der Waals surface area (Å²) < 4.78 is 4.61. The first-order valence-electron chi connectivity index (χ1n) is 4.59. The van der Waals surface area contributed by atoms with Gasteiger partial charge in [0.1, 0.15) is 0 Å². The van der Waals surface area contributed by atoms with Gasteiger partial charge in [-0.1, -0.05) is 13.8 Å². The molecule has 0 aliphatic heterocycles. The molecule has 0 N–H and O–H groups in total. The molecule has 0 saturated heterocycles.